The van der Waals surface area contributed by atoms with Gasteiger partial charge in [0.15, 0.2) is 5.96 Å². The van der Waals surface area contributed by atoms with Crippen LogP contribution in [0.15, 0.2) is 53.5 Å². The van der Waals surface area contributed by atoms with Gasteiger partial charge in [0.2, 0.25) is 0 Å². The number of aliphatic imine (C=N–C) groups is 1. The van der Waals surface area contributed by atoms with E-state index in [0.29, 0.717) is 18.7 Å². The molecule has 0 aliphatic carbocycles. The van der Waals surface area contributed by atoms with Gasteiger partial charge in [0.1, 0.15) is 0 Å². The van der Waals surface area contributed by atoms with Gasteiger partial charge in [0.25, 0.3) is 5.91 Å². The number of nitrogens with one attached hydrogen (secondary N) is 2. The van der Waals surface area contributed by atoms with Crippen LogP contribution in [0.5, 0.6) is 0 Å². The summed E-state index contributed by atoms with van der Waals surface area (Å²) in [6.45, 7) is 11.6. The number of nitrogens with zero attached hydrogens (tertiary/aromatic N) is 3. The molecule has 2 aromatic carbocycles. The van der Waals surface area contributed by atoms with Crippen molar-refractivity contribution in [2.75, 3.05) is 33.7 Å². The first-order valence-corrected chi connectivity index (χ1v) is 11.1. The van der Waals surface area contributed by atoms with Crippen LogP contribution < -0.4 is 10.6 Å². The molecular weight excluding hydrogens is 513 g/mol. The van der Waals surface area contributed by atoms with Gasteiger partial charge in [-0.25, -0.2) is 4.99 Å². The van der Waals surface area contributed by atoms with Crippen LogP contribution in [-0.4, -0.2) is 55.4 Å². The second-order valence-electron chi connectivity index (χ2n) is 7.72. The standard InChI is InChI=1S/C25H37N5O.HI/c1-6-26-25(28-18-21-13-15-23(16-14-21)24(31)29(4)5)27-17-20-9-11-22(12-10-20)19-30(7-2)8-3;/h9-16H,6-8,17-19H2,1-5H3,(H2,26,27,28);1H. The zero-order valence-electron chi connectivity index (χ0n) is 20.0. The summed E-state index contributed by atoms with van der Waals surface area (Å²) in [5.74, 6) is 0.788. The van der Waals surface area contributed by atoms with Crippen LogP contribution >= 0.6 is 24.0 Å². The normalized spacial score (nSPS) is 11.1. The van der Waals surface area contributed by atoms with Crippen LogP contribution in [0.2, 0.25) is 0 Å². The number of amides is 1. The van der Waals surface area contributed by atoms with Crippen molar-refractivity contribution in [3.63, 3.8) is 0 Å². The summed E-state index contributed by atoms with van der Waals surface area (Å²) in [7, 11) is 3.51. The van der Waals surface area contributed by atoms with Gasteiger partial charge in [0, 0.05) is 39.3 Å². The van der Waals surface area contributed by atoms with E-state index in [1.165, 1.54) is 11.1 Å². The Kier molecular flexibility index (Phi) is 12.9. The average molecular weight is 552 g/mol. The van der Waals surface area contributed by atoms with Gasteiger partial charge in [-0.15, -0.1) is 24.0 Å². The van der Waals surface area contributed by atoms with Crippen molar-refractivity contribution in [2.45, 2.75) is 40.4 Å². The number of hydrogen-bond donors (Lipinski definition) is 2. The topological polar surface area (TPSA) is 60.0 Å². The van der Waals surface area contributed by atoms with Crippen LogP contribution in [-0.2, 0) is 19.6 Å². The molecule has 0 saturated carbocycles. The van der Waals surface area contributed by atoms with Crippen LogP contribution in [0.1, 0.15) is 47.8 Å². The van der Waals surface area contributed by atoms with Crippen LogP contribution in [0.25, 0.3) is 0 Å². The average Bonchev–Trinajstić information content (AvgIpc) is 2.79. The van der Waals surface area contributed by atoms with E-state index >= 15 is 0 Å². The van der Waals surface area contributed by atoms with E-state index in [2.05, 4.69) is 65.6 Å². The first-order chi connectivity index (χ1) is 15.0. The molecule has 2 N–H and O–H groups in total. The van der Waals surface area contributed by atoms with Crippen molar-refractivity contribution in [1.29, 1.82) is 0 Å². The lowest BCUT2D eigenvalue weighted by atomic mass is 10.1. The molecule has 2 aromatic rings. The van der Waals surface area contributed by atoms with Gasteiger partial charge in [0.05, 0.1) is 6.54 Å². The van der Waals surface area contributed by atoms with Gasteiger partial charge in [-0.05, 0) is 48.8 Å². The number of carbonyl (C=O) groups excluding carboxylic acids is 1. The molecule has 0 spiro atoms. The molecule has 0 atom stereocenters. The second-order valence-corrected chi connectivity index (χ2v) is 7.72. The molecule has 0 aliphatic heterocycles. The number of rotatable bonds is 10. The maximum absolute atomic E-state index is 12.0. The molecule has 0 aliphatic rings. The molecule has 0 aromatic heterocycles. The minimum Gasteiger partial charge on any atom is -0.357 e. The smallest absolute Gasteiger partial charge is 0.253 e. The van der Waals surface area contributed by atoms with Crippen LogP contribution in [0.3, 0.4) is 0 Å². The Morgan fingerprint density at radius 2 is 1.41 bits per heavy atom. The molecule has 0 radical (unpaired) electrons. The number of guanidine groups is 1. The summed E-state index contributed by atoms with van der Waals surface area (Å²) in [5, 5.41) is 6.69. The van der Waals surface area contributed by atoms with Gasteiger partial charge >= 0.3 is 0 Å². The molecule has 176 valence electrons. The van der Waals surface area contributed by atoms with E-state index in [0.717, 1.165) is 37.7 Å². The molecule has 0 fully saturated rings. The van der Waals surface area contributed by atoms with Crippen molar-refractivity contribution in [3.05, 3.63) is 70.8 Å². The zero-order valence-corrected chi connectivity index (χ0v) is 22.3. The second kappa shape index (κ2) is 14.8. The molecular formula is C25H38IN5O. The highest BCUT2D eigenvalue weighted by Crippen LogP contribution is 2.09. The van der Waals surface area contributed by atoms with Crippen molar-refractivity contribution in [2.24, 2.45) is 4.99 Å². The van der Waals surface area contributed by atoms with E-state index in [4.69, 9.17) is 0 Å². The maximum Gasteiger partial charge on any atom is 0.253 e. The fourth-order valence-electron chi connectivity index (χ4n) is 3.18. The van der Waals surface area contributed by atoms with Crippen molar-refractivity contribution < 1.29 is 4.79 Å². The molecule has 0 bridgehead atoms. The molecule has 0 heterocycles. The lowest BCUT2D eigenvalue weighted by Crippen LogP contribution is -2.36. The lowest BCUT2D eigenvalue weighted by Gasteiger charge is -2.18. The highest BCUT2D eigenvalue weighted by atomic mass is 127. The molecule has 1 amide bonds. The summed E-state index contributed by atoms with van der Waals surface area (Å²) in [6, 6.07) is 16.4. The molecule has 7 heteroatoms. The Bertz CT molecular complexity index is 830. The summed E-state index contributed by atoms with van der Waals surface area (Å²) in [4.78, 5) is 20.7. The predicted octanol–water partition coefficient (Wildman–Crippen LogP) is 4.10. The molecule has 2 rings (SSSR count). The highest BCUT2D eigenvalue weighted by molar-refractivity contribution is 14.0. The molecule has 0 saturated heterocycles. The number of halogens is 1. The van der Waals surface area contributed by atoms with Gasteiger partial charge in [-0.3, -0.25) is 9.69 Å². The largest absolute Gasteiger partial charge is 0.357 e. The minimum atomic E-state index is 0. The Hall–Kier alpha value is -2.13. The summed E-state index contributed by atoms with van der Waals surface area (Å²) in [6.07, 6.45) is 0. The van der Waals surface area contributed by atoms with Crippen molar-refractivity contribution in [3.8, 4) is 0 Å². The van der Waals surface area contributed by atoms with E-state index in [-0.39, 0.29) is 29.9 Å². The third-order valence-corrected chi connectivity index (χ3v) is 5.15. The number of carbonyl (C=O) groups is 1. The van der Waals surface area contributed by atoms with Gasteiger partial charge < -0.3 is 15.5 Å². The van der Waals surface area contributed by atoms with Gasteiger partial charge in [-0.2, -0.15) is 0 Å². The summed E-state index contributed by atoms with van der Waals surface area (Å²) >= 11 is 0. The first kappa shape index (κ1) is 27.9. The summed E-state index contributed by atoms with van der Waals surface area (Å²) in [5.41, 5.74) is 4.31. The quantitative estimate of drug-likeness (QED) is 0.265. The number of benzene rings is 2. The Morgan fingerprint density at radius 1 is 0.844 bits per heavy atom. The maximum atomic E-state index is 12.0. The summed E-state index contributed by atoms with van der Waals surface area (Å²) < 4.78 is 0. The lowest BCUT2D eigenvalue weighted by molar-refractivity contribution is 0.0827. The minimum absolute atomic E-state index is 0. The van der Waals surface area contributed by atoms with Crippen LogP contribution in [0, 0.1) is 0 Å². The number of hydrogen-bond acceptors (Lipinski definition) is 3. The van der Waals surface area contributed by atoms with Gasteiger partial charge in [-0.1, -0.05) is 50.2 Å². The third-order valence-electron chi connectivity index (χ3n) is 5.15. The third kappa shape index (κ3) is 9.16. The van der Waals surface area contributed by atoms with Crippen molar-refractivity contribution >= 4 is 35.8 Å². The SMILES string of the molecule is CCNC(=NCc1ccc(C(=O)N(C)C)cc1)NCc1ccc(CN(CC)CC)cc1.I. The first-order valence-electron chi connectivity index (χ1n) is 11.1. The Morgan fingerprint density at radius 3 is 1.94 bits per heavy atom. The highest BCUT2D eigenvalue weighted by Gasteiger charge is 2.07. The van der Waals surface area contributed by atoms with E-state index in [1.54, 1.807) is 19.0 Å². The Balaban J connectivity index is 0.00000512. The predicted molar refractivity (Wildman–Crippen MR) is 145 cm³/mol. The monoisotopic (exact) mass is 551 g/mol. The van der Waals surface area contributed by atoms with Crippen molar-refractivity contribution in [1.82, 2.24) is 20.4 Å². The van der Waals surface area contributed by atoms with E-state index in [1.807, 2.05) is 24.3 Å². The Labute approximate surface area is 210 Å². The fourth-order valence-corrected chi connectivity index (χ4v) is 3.18. The van der Waals surface area contributed by atoms with E-state index in [9.17, 15) is 4.79 Å². The van der Waals surface area contributed by atoms with E-state index < -0.39 is 0 Å². The fraction of sp³-hybridized carbons (Fsp3) is 0.440. The molecule has 0 unspecified atom stereocenters. The molecule has 6 nitrogen and oxygen atoms in total. The van der Waals surface area contributed by atoms with Crippen LogP contribution in [0.4, 0.5) is 0 Å². The molecule has 32 heavy (non-hydrogen) atoms. The zero-order chi connectivity index (χ0) is 22.6.